The second-order valence-electron chi connectivity index (χ2n) is 10.5. The molecule has 11 heteroatoms. The highest BCUT2D eigenvalue weighted by Gasteiger charge is 2.23. The molecule has 0 aromatic heterocycles. The van der Waals surface area contributed by atoms with Crippen molar-refractivity contribution in [2.24, 2.45) is 5.92 Å². The molecule has 0 saturated carbocycles. The summed E-state index contributed by atoms with van der Waals surface area (Å²) in [5.41, 5.74) is 3.27. The number of fused-ring (bicyclic) bond motifs is 1. The maximum absolute atomic E-state index is 12.7. The molecule has 2 aromatic carbocycles. The number of nitrogens with zero attached hydrogens (tertiary/aromatic N) is 2. The maximum atomic E-state index is 12.7. The number of hydrogen-bond donors (Lipinski definition) is 3. The van der Waals surface area contributed by atoms with Crippen molar-refractivity contribution in [1.29, 1.82) is 0 Å². The summed E-state index contributed by atoms with van der Waals surface area (Å²) in [7, 11) is 0. The molecule has 2 aliphatic heterocycles. The topological polar surface area (TPSA) is 111 Å². The number of aliphatic carboxylic acids is 1. The summed E-state index contributed by atoms with van der Waals surface area (Å²) < 4.78 is 5.92. The third-order valence-electron chi connectivity index (χ3n) is 7.72. The van der Waals surface area contributed by atoms with Crippen LogP contribution < -0.4 is 20.3 Å². The van der Waals surface area contributed by atoms with Gasteiger partial charge in [0.15, 0.2) is 0 Å². The molecule has 2 aromatic rings. The van der Waals surface area contributed by atoms with E-state index in [2.05, 4.69) is 20.4 Å². The fourth-order valence-electron chi connectivity index (χ4n) is 5.21. The summed E-state index contributed by atoms with van der Waals surface area (Å²) in [4.78, 5) is 39.8. The molecule has 1 unspecified atom stereocenters. The Morgan fingerprint density at radius 1 is 1.07 bits per heavy atom. The van der Waals surface area contributed by atoms with Gasteiger partial charge in [0.2, 0.25) is 11.8 Å². The van der Waals surface area contributed by atoms with Gasteiger partial charge in [0.25, 0.3) is 0 Å². The number of anilines is 3. The van der Waals surface area contributed by atoms with Crippen LogP contribution in [-0.4, -0.2) is 67.1 Å². The SMILES string of the molecule is CCC(CCC(=O)O)C(=O)Nc1ccc(N2CCN(CCCCOc3ccc4c(c3)NC(=O)CC4)CC2)c(Cl)c1Cl. The van der Waals surface area contributed by atoms with Gasteiger partial charge in [-0.05, 0) is 62.4 Å². The highest BCUT2D eigenvalue weighted by atomic mass is 35.5. The van der Waals surface area contributed by atoms with Gasteiger partial charge < -0.3 is 25.4 Å². The van der Waals surface area contributed by atoms with E-state index in [0.717, 1.165) is 74.7 Å². The number of nitrogens with one attached hydrogen (secondary N) is 2. The second-order valence-corrected chi connectivity index (χ2v) is 11.3. The number of hydrogen-bond acceptors (Lipinski definition) is 6. The Kier molecular flexibility index (Phi) is 11.1. The minimum absolute atomic E-state index is 0.0532. The highest BCUT2D eigenvalue weighted by molar-refractivity contribution is 6.45. The van der Waals surface area contributed by atoms with Crippen molar-refractivity contribution in [2.45, 2.75) is 51.9 Å². The largest absolute Gasteiger partial charge is 0.494 e. The Hall–Kier alpha value is -3.01. The number of carbonyl (C=O) groups excluding carboxylic acids is 2. The fourth-order valence-corrected chi connectivity index (χ4v) is 5.71. The first-order chi connectivity index (χ1) is 19.7. The lowest BCUT2D eigenvalue weighted by Crippen LogP contribution is -2.46. The van der Waals surface area contributed by atoms with E-state index in [0.29, 0.717) is 30.2 Å². The summed E-state index contributed by atoms with van der Waals surface area (Å²) in [6.07, 6.45) is 4.02. The molecule has 1 fully saturated rings. The maximum Gasteiger partial charge on any atom is 0.303 e. The first kappa shape index (κ1) is 30.9. The predicted octanol–water partition coefficient (Wildman–Crippen LogP) is 5.69. The van der Waals surface area contributed by atoms with Gasteiger partial charge in [0.05, 0.1) is 28.0 Å². The van der Waals surface area contributed by atoms with E-state index in [1.54, 1.807) is 6.07 Å². The van der Waals surface area contributed by atoms with E-state index >= 15 is 0 Å². The van der Waals surface area contributed by atoms with E-state index < -0.39 is 11.9 Å². The van der Waals surface area contributed by atoms with Gasteiger partial charge in [-0.3, -0.25) is 19.3 Å². The Labute approximate surface area is 251 Å². The number of unbranched alkanes of at least 4 members (excludes halogenated alkanes) is 1. The van der Waals surface area contributed by atoms with Crippen LogP contribution in [0.1, 0.15) is 51.0 Å². The van der Waals surface area contributed by atoms with Gasteiger partial charge >= 0.3 is 5.97 Å². The average molecular weight is 606 g/mol. The van der Waals surface area contributed by atoms with Crippen LogP contribution in [0.5, 0.6) is 5.75 Å². The molecule has 41 heavy (non-hydrogen) atoms. The van der Waals surface area contributed by atoms with Gasteiger partial charge in [-0.2, -0.15) is 0 Å². The molecule has 2 heterocycles. The fraction of sp³-hybridized carbons (Fsp3) is 0.500. The molecule has 0 aliphatic carbocycles. The van der Waals surface area contributed by atoms with Crippen molar-refractivity contribution in [3.8, 4) is 5.75 Å². The van der Waals surface area contributed by atoms with E-state index in [1.807, 2.05) is 31.2 Å². The van der Waals surface area contributed by atoms with E-state index in [1.165, 1.54) is 0 Å². The quantitative estimate of drug-likeness (QED) is 0.252. The Morgan fingerprint density at radius 2 is 1.85 bits per heavy atom. The third kappa shape index (κ3) is 8.50. The Bertz CT molecular complexity index is 1250. The van der Waals surface area contributed by atoms with Crippen molar-refractivity contribution in [3.05, 3.63) is 45.9 Å². The van der Waals surface area contributed by atoms with Crippen LogP contribution in [0.2, 0.25) is 10.0 Å². The molecule has 2 aliphatic rings. The average Bonchev–Trinajstić information content (AvgIpc) is 2.96. The van der Waals surface area contributed by atoms with Crippen molar-refractivity contribution >= 4 is 58.0 Å². The van der Waals surface area contributed by atoms with Gasteiger partial charge in [-0.1, -0.05) is 36.2 Å². The monoisotopic (exact) mass is 604 g/mol. The summed E-state index contributed by atoms with van der Waals surface area (Å²) in [5, 5.41) is 15.3. The molecule has 1 atom stereocenters. The number of carboxylic acids is 1. The van der Waals surface area contributed by atoms with Crippen LogP contribution in [0.3, 0.4) is 0 Å². The molecular weight excluding hydrogens is 567 g/mol. The first-order valence-corrected chi connectivity index (χ1v) is 15.0. The van der Waals surface area contributed by atoms with E-state index in [-0.39, 0.29) is 29.7 Å². The molecule has 0 spiro atoms. The van der Waals surface area contributed by atoms with Crippen LogP contribution >= 0.6 is 23.2 Å². The van der Waals surface area contributed by atoms with Crippen LogP contribution in [0, 0.1) is 5.92 Å². The summed E-state index contributed by atoms with van der Waals surface area (Å²) >= 11 is 13.2. The van der Waals surface area contributed by atoms with Crippen molar-refractivity contribution in [1.82, 2.24) is 4.90 Å². The van der Waals surface area contributed by atoms with Crippen molar-refractivity contribution in [3.63, 3.8) is 0 Å². The predicted molar refractivity (Wildman–Crippen MR) is 163 cm³/mol. The van der Waals surface area contributed by atoms with Crippen LogP contribution in [0.15, 0.2) is 30.3 Å². The standard InChI is InChI=1S/C30H38Cl2N4O5/c1-2-20(7-12-27(38)39)30(40)34-23-9-10-25(29(32)28(23)31)36-16-14-35(15-17-36)13-3-4-18-41-22-8-5-21-6-11-26(37)33-24(21)19-22/h5,8-10,19-20H,2-4,6-7,11-18H2,1H3,(H,33,37)(H,34,40)(H,38,39). The molecule has 4 rings (SSSR count). The lowest BCUT2D eigenvalue weighted by molar-refractivity contribution is -0.137. The number of piperazine rings is 1. The molecule has 1 saturated heterocycles. The molecule has 9 nitrogen and oxygen atoms in total. The minimum Gasteiger partial charge on any atom is -0.494 e. The molecular formula is C30H38Cl2N4O5. The van der Waals surface area contributed by atoms with Crippen LogP contribution in [0.25, 0.3) is 0 Å². The number of halogens is 2. The molecule has 3 N–H and O–H groups in total. The highest BCUT2D eigenvalue weighted by Crippen LogP contribution is 2.38. The first-order valence-electron chi connectivity index (χ1n) is 14.3. The molecule has 0 bridgehead atoms. The number of aryl methyl sites for hydroxylation is 1. The normalized spacial score (nSPS) is 16.1. The number of rotatable bonds is 13. The van der Waals surface area contributed by atoms with Gasteiger partial charge in [-0.25, -0.2) is 0 Å². The number of ether oxygens (including phenoxy) is 1. The molecule has 2 amide bonds. The summed E-state index contributed by atoms with van der Waals surface area (Å²) in [6.45, 7) is 6.90. The Morgan fingerprint density at radius 3 is 2.59 bits per heavy atom. The minimum atomic E-state index is -0.921. The third-order valence-corrected chi connectivity index (χ3v) is 8.59. The smallest absolute Gasteiger partial charge is 0.303 e. The number of benzene rings is 2. The van der Waals surface area contributed by atoms with Crippen LogP contribution in [0.4, 0.5) is 17.1 Å². The Balaban J connectivity index is 1.19. The van der Waals surface area contributed by atoms with E-state index in [9.17, 15) is 14.4 Å². The van der Waals surface area contributed by atoms with Gasteiger partial charge in [-0.15, -0.1) is 0 Å². The number of amides is 2. The summed E-state index contributed by atoms with van der Waals surface area (Å²) in [6, 6.07) is 9.54. The van der Waals surface area contributed by atoms with Gasteiger partial charge in [0.1, 0.15) is 5.75 Å². The zero-order valence-corrected chi connectivity index (χ0v) is 24.9. The number of carboxylic acid groups (broad SMARTS) is 1. The second kappa shape index (κ2) is 14.8. The van der Waals surface area contributed by atoms with Crippen LogP contribution in [-0.2, 0) is 20.8 Å². The lowest BCUT2D eigenvalue weighted by Gasteiger charge is -2.36. The summed E-state index contributed by atoms with van der Waals surface area (Å²) in [5.74, 6) is -0.751. The van der Waals surface area contributed by atoms with E-state index in [4.69, 9.17) is 33.0 Å². The lowest BCUT2D eigenvalue weighted by atomic mass is 9.99. The molecule has 222 valence electrons. The zero-order valence-electron chi connectivity index (χ0n) is 23.4. The van der Waals surface area contributed by atoms with Crippen molar-refractivity contribution in [2.75, 3.05) is 54.9 Å². The van der Waals surface area contributed by atoms with Crippen molar-refractivity contribution < 1.29 is 24.2 Å². The zero-order chi connectivity index (χ0) is 29.4. The molecule has 0 radical (unpaired) electrons. The number of carbonyl (C=O) groups is 3. The van der Waals surface area contributed by atoms with Gasteiger partial charge in [0, 0.05) is 56.7 Å².